The lowest BCUT2D eigenvalue weighted by Gasteiger charge is -2.36. The van der Waals surface area contributed by atoms with Crippen molar-refractivity contribution < 1.29 is 4.79 Å². The van der Waals surface area contributed by atoms with Gasteiger partial charge in [0.05, 0.1) is 11.6 Å². The van der Waals surface area contributed by atoms with Gasteiger partial charge in [0, 0.05) is 37.9 Å². The van der Waals surface area contributed by atoms with E-state index in [0.29, 0.717) is 11.5 Å². The van der Waals surface area contributed by atoms with E-state index in [1.54, 1.807) is 0 Å². The molecular weight excluding hydrogens is 372 g/mol. The second-order valence-electron chi connectivity index (χ2n) is 8.49. The summed E-state index contributed by atoms with van der Waals surface area (Å²) in [5.41, 5.74) is 3.24. The fraction of sp³-hybridized carbons (Fsp3) is 0.440. The first-order chi connectivity index (χ1) is 14.7. The molecule has 2 saturated heterocycles. The Hall–Kier alpha value is -3.00. The van der Waals surface area contributed by atoms with Gasteiger partial charge in [-0.3, -0.25) is 0 Å². The van der Waals surface area contributed by atoms with Crippen molar-refractivity contribution in [3.05, 3.63) is 65.7 Å². The number of nitriles is 1. The quantitative estimate of drug-likeness (QED) is 0.834. The number of likely N-dealkylation sites (tertiary alicyclic amines) is 1. The molecule has 2 aliphatic heterocycles. The fourth-order valence-electron chi connectivity index (χ4n) is 4.58. The van der Waals surface area contributed by atoms with Crippen molar-refractivity contribution in [1.82, 2.24) is 10.2 Å². The van der Waals surface area contributed by atoms with Crippen LogP contribution in [0.15, 0.2) is 54.6 Å². The smallest absolute Gasteiger partial charge is 0.317 e. The third-order valence-electron chi connectivity index (χ3n) is 6.45. The van der Waals surface area contributed by atoms with E-state index in [9.17, 15) is 4.79 Å². The number of carbonyl (C=O) groups is 1. The van der Waals surface area contributed by atoms with Gasteiger partial charge < -0.3 is 15.1 Å². The van der Waals surface area contributed by atoms with Crippen molar-refractivity contribution in [1.29, 1.82) is 5.26 Å². The predicted octanol–water partition coefficient (Wildman–Crippen LogP) is 4.19. The number of nitrogens with one attached hydrogen (secondary N) is 1. The van der Waals surface area contributed by atoms with Gasteiger partial charge in [0.2, 0.25) is 0 Å². The van der Waals surface area contributed by atoms with E-state index >= 15 is 0 Å². The number of urea groups is 1. The molecule has 0 aromatic heterocycles. The number of anilines is 1. The summed E-state index contributed by atoms with van der Waals surface area (Å²) < 4.78 is 0. The standard InChI is InChI=1S/C25H30N4O/c26-19-22-6-8-24(9-7-22)28-16-12-23(13-17-28)27-25(30)29-14-10-21(11-15-29)18-20-4-2-1-3-5-20/h1-9,21,23H,10-18H2,(H,27,30). The molecule has 0 atom stereocenters. The van der Waals surface area contributed by atoms with Crippen LogP contribution in [0.25, 0.3) is 0 Å². The van der Waals surface area contributed by atoms with E-state index in [1.807, 2.05) is 29.2 Å². The number of rotatable bonds is 4. The van der Waals surface area contributed by atoms with E-state index in [4.69, 9.17) is 5.26 Å². The van der Waals surface area contributed by atoms with Crippen LogP contribution in [-0.2, 0) is 6.42 Å². The SMILES string of the molecule is N#Cc1ccc(N2CCC(NC(=O)N3CCC(Cc4ccccc4)CC3)CC2)cc1. The Morgan fingerprint density at radius 2 is 1.60 bits per heavy atom. The van der Waals surface area contributed by atoms with Crippen LogP contribution in [-0.4, -0.2) is 43.2 Å². The van der Waals surface area contributed by atoms with Crippen LogP contribution < -0.4 is 10.2 Å². The van der Waals surface area contributed by atoms with Crippen LogP contribution >= 0.6 is 0 Å². The first-order valence-electron chi connectivity index (χ1n) is 11.1. The zero-order chi connectivity index (χ0) is 20.8. The van der Waals surface area contributed by atoms with Crippen molar-refractivity contribution in [2.75, 3.05) is 31.1 Å². The zero-order valence-electron chi connectivity index (χ0n) is 17.5. The molecular formula is C25H30N4O. The topological polar surface area (TPSA) is 59.4 Å². The molecule has 5 heteroatoms. The largest absolute Gasteiger partial charge is 0.371 e. The molecule has 0 saturated carbocycles. The van der Waals surface area contributed by atoms with Gasteiger partial charge in [-0.15, -0.1) is 0 Å². The molecule has 156 valence electrons. The molecule has 1 N–H and O–H groups in total. The minimum Gasteiger partial charge on any atom is -0.371 e. The number of hydrogen-bond acceptors (Lipinski definition) is 3. The van der Waals surface area contributed by atoms with Crippen LogP contribution in [0.5, 0.6) is 0 Å². The third-order valence-corrected chi connectivity index (χ3v) is 6.45. The summed E-state index contributed by atoms with van der Waals surface area (Å²) in [6.45, 7) is 3.56. The molecule has 0 unspecified atom stereocenters. The van der Waals surface area contributed by atoms with Crippen LogP contribution in [0.1, 0.15) is 36.8 Å². The Morgan fingerprint density at radius 3 is 2.23 bits per heavy atom. The molecule has 2 amide bonds. The van der Waals surface area contributed by atoms with E-state index in [2.05, 4.69) is 46.6 Å². The van der Waals surface area contributed by atoms with E-state index in [1.165, 1.54) is 5.56 Å². The van der Waals surface area contributed by atoms with Crippen molar-refractivity contribution in [2.45, 2.75) is 38.1 Å². The Kier molecular flexibility index (Phi) is 6.53. The maximum Gasteiger partial charge on any atom is 0.317 e. The molecule has 0 bridgehead atoms. The molecule has 5 nitrogen and oxygen atoms in total. The number of amides is 2. The van der Waals surface area contributed by atoms with Crippen molar-refractivity contribution >= 4 is 11.7 Å². The molecule has 4 rings (SSSR count). The van der Waals surface area contributed by atoms with Gasteiger partial charge in [-0.05, 0) is 67.9 Å². The van der Waals surface area contributed by atoms with Gasteiger partial charge in [0.25, 0.3) is 0 Å². The maximum atomic E-state index is 12.7. The molecule has 0 radical (unpaired) electrons. The molecule has 2 fully saturated rings. The van der Waals surface area contributed by atoms with Gasteiger partial charge in [-0.2, -0.15) is 5.26 Å². The lowest BCUT2D eigenvalue weighted by Crippen LogP contribution is -2.51. The minimum absolute atomic E-state index is 0.102. The van der Waals surface area contributed by atoms with Crippen molar-refractivity contribution in [3.8, 4) is 6.07 Å². The highest BCUT2D eigenvalue weighted by Gasteiger charge is 2.26. The zero-order valence-corrected chi connectivity index (χ0v) is 17.5. The second-order valence-corrected chi connectivity index (χ2v) is 8.49. The third kappa shape index (κ3) is 5.13. The molecule has 0 spiro atoms. The van der Waals surface area contributed by atoms with Crippen molar-refractivity contribution in [3.63, 3.8) is 0 Å². The van der Waals surface area contributed by atoms with E-state index < -0.39 is 0 Å². The summed E-state index contributed by atoms with van der Waals surface area (Å²) in [7, 11) is 0. The molecule has 0 aliphatic carbocycles. The Labute approximate surface area is 179 Å². The highest BCUT2D eigenvalue weighted by molar-refractivity contribution is 5.74. The van der Waals surface area contributed by atoms with Crippen LogP contribution in [0, 0.1) is 17.2 Å². The summed E-state index contributed by atoms with van der Waals surface area (Å²) in [4.78, 5) is 17.1. The summed E-state index contributed by atoms with van der Waals surface area (Å²) >= 11 is 0. The Morgan fingerprint density at radius 1 is 0.933 bits per heavy atom. The average Bonchev–Trinajstić information content (AvgIpc) is 2.81. The number of piperidine rings is 2. The first-order valence-corrected chi connectivity index (χ1v) is 11.1. The van der Waals surface area contributed by atoms with Gasteiger partial charge in [0.1, 0.15) is 0 Å². The number of nitrogens with zero attached hydrogens (tertiary/aromatic N) is 3. The lowest BCUT2D eigenvalue weighted by atomic mass is 9.90. The fourth-order valence-corrected chi connectivity index (χ4v) is 4.58. The Bertz CT molecular complexity index is 858. The molecule has 2 aromatic carbocycles. The van der Waals surface area contributed by atoms with Crippen LogP contribution in [0.4, 0.5) is 10.5 Å². The van der Waals surface area contributed by atoms with E-state index in [-0.39, 0.29) is 12.1 Å². The molecule has 2 heterocycles. The Balaban J connectivity index is 1.19. The van der Waals surface area contributed by atoms with Crippen LogP contribution in [0.3, 0.4) is 0 Å². The number of benzene rings is 2. The van der Waals surface area contributed by atoms with E-state index in [0.717, 1.165) is 64.0 Å². The summed E-state index contributed by atoms with van der Waals surface area (Å²) in [5, 5.41) is 12.2. The van der Waals surface area contributed by atoms with Crippen molar-refractivity contribution in [2.24, 2.45) is 5.92 Å². The van der Waals surface area contributed by atoms with Gasteiger partial charge >= 0.3 is 6.03 Å². The van der Waals surface area contributed by atoms with Gasteiger partial charge in [-0.1, -0.05) is 30.3 Å². The number of hydrogen-bond donors (Lipinski definition) is 1. The predicted molar refractivity (Wildman–Crippen MR) is 119 cm³/mol. The molecule has 2 aliphatic rings. The highest BCUT2D eigenvalue weighted by Crippen LogP contribution is 2.23. The summed E-state index contributed by atoms with van der Waals surface area (Å²) in [6, 6.07) is 20.9. The van der Waals surface area contributed by atoms with Crippen LogP contribution in [0.2, 0.25) is 0 Å². The average molecular weight is 403 g/mol. The second kappa shape index (κ2) is 9.67. The normalized spacial score (nSPS) is 18.1. The first kappa shape index (κ1) is 20.3. The molecule has 30 heavy (non-hydrogen) atoms. The molecule has 2 aromatic rings. The maximum absolute atomic E-state index is 12.7. The number of carbonyl (C=O) groups excluding carboxylic acids is 1. The minimum atomic E-state index is 0.102. The van der Waals surface area contributed by atoms with Gasteiger partial charge in [0.15, 0.2) is 0 Å². The lowest BCUT2D eigenvalue weighted by molar-refractivity contribution is 0.165. The summed E-state index contributed by atoms with van der Waals surface area (Å²) in [6.07, 6.45) is 5.19. The monoisotopic (exact) mass is 402 g/mol. The van der Waals surface area contributed by atoms with Gasteiger partial charge in [-0.25, -0.2) is 4.79 Å². The summed E-state index contributed by atoms with van der Waals surface area (Å²) in [5.74, 6) is 0.673. The highest BCUT2D eigenvalue weighted by atomic mass is 16.2.